The smallest absolute Gasteiger partial charge is 0.246 e. The summed E-state index contributed by atoms with van der Waals surface area (Å²) in [5.41, 5.74) is 1.21. The molecule has 0 radical (unpaired) electrons. The van der Waals surface area contributed by atoms with Crippen molar-refractivity contribution in [2.24, 2.45) is 0 Å². The molecule has 158 valence electrons. The van der Waals surface area contributed by atoms with Crippen LogP contribution < -0.4 is 9.62 Å². The monoisotopic (exact) mass is 486 g/mol. The summed E-state index contributed by atoms with van der Waals surface area (Å²) >= 11 is 8.40. The van der Waals surface area contributed by atoms with Crippen LogP contribution in [0.4, 0.5) is 15.2 Å². The molecule has 12 heteroatoms. The number of benzene rings is 2. The largest absolute Gasteiger partial charge is 0.299 e. The van der Waals surface area contributed by atoms with E-state index < -0.39 is 28.3 Å². The number of anilines is 2. The van der Waals surface area contributed by atoms with E-state index in [1.165, 1.54) is 29.2 Å². The minimum atomic E-state index is -3.81. The molecule has 1 aromatic heterocycles. The SMILES string of the molecule is CS(=O)(=O)N(CC(=O)Nc1nnc(SCc2ccccc2)s1)c1ccc(F)c(Cl)c1. The quantitative estimate of drug-likeness (QED) is 0.382. The predicted octanol–water partition coefficient (Wildman–Crippen LogP) is 4.03. The van der Waals surface area contributed by atoms with Crippen LogP contribution in [-0.4, -0.2) is 37.3 Å². The van der Waals surface area contributed by atoms with Gasteiger partial charge in [0.2, 0.25) is 21.1 Å². The number of thioether (sulfide) groups is 1. The van der Waals surface area contributed by atoms with E-state index in [9.17, 15) is 17.6 Å². The molecule has 1 amide bonds. The molecule has 0 saturated heterocycles. The average molecular weight is 487 g/mol. The minimum Gasteiger partial charge on any atom is -0.299 e. The average Bonchev–Trinajstić information content (AvgIpc) is 3.14. The van der Waals surface area contributed by atoms with Gasteiger partial charge >= 0.3 is 0 Å². The van der Waals surface area contributed by atoms with Gasteiger partial charge in [-0.05, 0) is 23.8 Å². The van der Waals surface area contributed by atoms with Gasteiger partial charge in [0, 0.05) is 5.75 Å². The van der Waals surface area contributed by atoms with Gasteiger partial charge in [-0.25, -0.2) is 12.8 Å². The van der Waals surface area contributed by atoms with Crippen molar-refractivity contribution in [1.82, 2.24) is 10.2 Å². The van der Waals surface area contributed by atoms with Gasteiger partial charge in [-0.1, -0.05) is 65.0 Å². The van der Waals surface area contributed by atoms with Crippen molar-refractivity contribution in [2.45, 2.75) is 10.1 Å². The fourth-order valence-electron chi connectivity index (χ4n) is 2.37. The van der Waals surface area contributed by atoms with Gasteiger partial charge in [0.25, 0.3) is 0 Å². The zero-order valence-corrected chi connectivity index (χ0v) is 18.8. The van der Waals surface area contributed by atoms with E-state index in [2.05, 4.69) is 15.5 Å². The second kappa shape index (κ2) is 9.73. The van der Waals surface area contributed by atoms with Crippen LogP contribution in [-0.2, 0) is 20.6 Å². The summed E-state index contributed by atoms with van der Waals surface area (Å²) in [4.78, 5) is 12.4. The van der Waals surface area contributed by atoms with Crippen molar-refractivity contribution in [3.63, 3.8) is 0 Å². The van der Waals surface area contributed by atoms with E-state index in [1.807, 2.05) is 30.3 Å². The molecule has 0 bridgehead atoms. The lowest BCUT2D eigenvalue weighted by Gasteiger charge is -2.21. The fraction of sp³-hybridized carbons (Fsp3) is 0.167. The number of rotatable bonds is 8. The Hall–Kier alpha value is -2.21. The molecule has 7 nitrogen and oxygen atoms in total. The number of hydrogen-bond donors (Lipinski definition) is 1. The summed E-state index contributed by atoms with van der Waals surface area (Å²) in [6.45, 7) is -0.521. The first-order chi connectivity index (χ1) is 14.2. The van der Waals surface area contributed by atoms with Crippen molar-refractivity contribution in [3.05, 3.63) is 64.9 Å². The summed E-state index contributed by atoms with van der Waals surface area (Å²) in [5, 5.41) is 10.5. The molecule has 0 aliphatic heterocycles. The molecule has 0 saturated carbocycles. The van der Waals surface area contributed by atoms with Gasteiger partial charge in [0.05, 0.1) is 17.0 Å². The summed E-state index contributed by atoms with van der Waals surface area (Å²) < 4.78 is 39.1. The fourth-order valence-corrected chi connectivity index (χ4v) is 5.11. The summed E-state index contributed by atoms with van der Waals surface area (Å²) in [6, 6.07) is 13.2. The number of carbonyl (C=O) groups is 1. The third-order valence-corrected chi connectivity index (χ3v) is 7.21. The van der Waals surface area contributed by atoms with Gasteiger partial charge in [0.15, 0.2) is 4.34 Å². The molecule has 0 aliphatic rings. The van der Waals surface area contributed by atoms with Crippen LogP contribution >= 0.6 is 34.7 Å². The van der Waals surface area contributed by atoms with Crippen LogP contribution in [0, 0.1) is 5.82 Å². The van der Waals surface area contributed by atoms with Gasteiger partial charge in [-0.3, -0.25) is 14.4 Å². The standard InChI is InChI=1S/C18H16ClFN4O3S3/c1-30(26,27)24(13-7-8-15(20)14(19)9-13)10-16(25)21-17-22-23-18(29-17)28-11-12-5-3-2-4-6-12/h2-9H,10-11H2,1H3,(H,21,22,25). The lowest BCUT2D eigenvalue weighted by Crippen LogP contribution is -2.37. The molecule has 0 atom stereocenters. The van der Waals surface area contributed by atoms with E-state index in [4.69, 9.17) is 11.6 Å². The first kappa shape index (κ1) is 22.5. The summed E-state index contributed by atoms with van der Waals surface area (Å²) in [7, 11) is -3.81. The van der Waals surface area contributed by atoms with Crippen molar-refractivity contribution in [2.75, 3.05) is 22.4 Å². The highest BCUT2D eigenvalue weighted by atomic mass is 35.5. The van der Waals surface area contributed by atoms with E-state index in [-0.39, 0.29) is 15.8 Å². The molecule has 0 spiro atoms. The lowest BCUT2D eigenvalue weighted by molar-refractivity contribution is -0.114. The molecule has 0 aliphatic carbocycles. The second-order valence-corrected chi connectivity index (χ2v) is 10.6. The maximum atomic E-state index is 13.4. The van der Waals surface area contributed by atoms with Crippen molar-refractivity contribution >= 4 is 61.4 Å². The van der Waals surface area contributed by atoms with E-state index in [1.54, 1.807) is 0 Å². The van der Waals surface area contributed by atoms with Crippen molar-refractivity contribution < 1.29 is 17.6 Å². The minimum absolute atomic E-state index is 0.0791. The van der Waals surface area contributed by atoms with Crippen molar-refractivity contribution in [1.29, 1.82) is 0 Å². The number of nitrogens with one attached hydrogen (secondary N) is 1. The maximum absolute atomic E-state index is 13.4. The van der Waals surface area contributed by atoms with Crippen molar-refractivity contribution in [3.8, 4) is 0 Å². The zero-order chi connectivity index (χ0) is 21.7. The Balaban J connectivity index is 1.64. The Labute approximate surface area is 186 Å². The highest BCUT2D eigenvalue weighted by Gasteiger charge is 2.22. The number of hydrogen-bond acceptors (Lipinski definition) is 7. The highest BCUT2D eigenvalue weighted by Crippen LogP contribution is 2.28. The number of aromatic nitrogens is 2. The first-order valence-corrected chi connectivity index (χ1v) is 12.5. The highest BCUT2D eigenvalue weighted by molar-refractivity contribution is 8.00. The Morgan fingerprint density at radius 2 is 1.97 bits per heavy atom. The van der Waals surface area contributed by atoms with Crippen LogP contribution in [0.25, 0.3) is 0 Å². The molecule has 0 fully saturated rings. The zero-order valence-electron chi connectivity index (χ0n) is 15.6. The second-order valence-electron chi connectivity index (χ2n) is 6.06. The molecule has 3 aromatic rings. The molecule has 2 aromatic carbocycles. The summed E-state index contributed by atoms with van der Waals surface area (Å²) in [6.07, 6.45) is 0.945. The van der Waals surface area contributed by atoms with Gasteiger partial charge < -0.3 is 0 Å². The number of carbonyl (C=O) groups excluding carboxylic acids is 1. The number of halogens is 2. The Bertz CT molecular complexity index is 1140. The number of amides is 1. The van der Waals surface area contributed by atoms with E-state index >= 15 is 0 Å². The Kier molecular flexibility index (Phi) is 7.29. The van der Waals surface area contributed by atoms with Gasteiger partial charge in [0.1, 0.15) is 12.4 Å². The first-order valence-electron chi connectivity index (χ1n) is 8.45. The third-order valence-electron chi connectivity index (χ3n) is 3.74. The topological polar surface area (TPSA) is 92.3 Å². The maximum Gasteiger partial charge on any atom is 0.246 e. The predicted molar refractivity (Wildman–Crippen MR) is 118 cm³/mol. The van der Waals surface area contributed by atoms with Crippen LogP contribution in [0.2, 0.25) is 5.02 Å². The lowest BCUT2D eigenvalue weighted by atomic mass is 10.2. The van der Waals surface area contributed by atoms with Gasteiger partial charge in [-0.2, -0.15) is 0 Å². The molecular weight excluding hydrogens is 471 g/mol. The third kappa shape index (κ3) is 6.14. The van der Waals surface area contributed by atoms with Gasteiger partial charge in [-0.15, -0.1) is 10.2 Å². The van der Waals surface area contributed by atoms with Crippen LogP contribution in [0.15, 0.2) is 52.9 Å². The summed E-state index contributed by atoms with van der Waals surface area (Å²) in [5.74, 6) is -0.597. The number of nitrogens with zero attached hydrogens (tertiary/aromatic N) is 3. The molecule has 1 heterocycles. The number of sulfonamides is 1. The molecule has 3 rings (SSSR count). The Morgan fingerprint density at radius 1 is 1.23 bits per heavy atom. The molecule has 1 N–H and O–H groups in total. The van der Waals surface area contributed by atoms with E-state index in [0.717, 1.165) is 28.3 Å². The molecular formula is C18H16ClFN4O3S3. The molecule has 0 unspecified atom stereocenters. The normalized spacial score (nSPS) is 11.3. The van der Waals surface area contributed by atoms with E-state index in [0.29, 0.717) is 10.1 Å². The van der Waals surface area contributed by atoms with Crippen LogP contribution in [0.5, 0.6) is 0 Å². The van der Waals surface area contributed by atoms with Crippen LogP contribution in [0.1, 0.15) is 5.56 Å². The van der Waals surface area contributed by atoms with Crippen LogP contribution in [0.3, 0.4) is 0 Å². The molecule has 30 heavy (non-hydrogen) atoms. The Morgan fingerprint density at radius 3 is 2.63 bits per heavy atom.